The zero-order valence-electron chi connectivity index (χ0n) is 14.6. The summed E-state index contributed by atoms with van der Waals surface area (Å²) in [5.41, 5.74) is 2.07. The molecule has 3 fully saturated rings. The van der Waals surface area contributed by atoms with E-state index < -0.39 is 0 Å². The molecule has 2 aliphatic carbocycles. The highest BCUT2D eigenvalue weighted by Gasteiger charge is 2.61. The molecule has 0 spiro atoms. The molecular formula is C21H26FNO. The van der Waals surface area contributed by atoms with Crippen molar-refractivity contribution in [2.75, 3.05) is 13.1 Å². The smallest absolute Gasteiger partial charge is 0.232 e. The van der Waals surface area contributed by atoms with E-state index in [9.17, 15) is 9.18 Å². The summed E-state index contributed by atoms with van der Waals surface area (Å²) >= 11 is 0. The van der Waals surface area contributed by atoms with Crippen LogP contribution in [-0.4, -0.2) is 23.9 Å². The standard InChI is InChI=1S/C21H26FNO/c1-14-20(2,3)17-8-10-21(14,12-17)19(24)23-11-9-16(13-23)15-4-6-18(22)7-5-15/h4-7,16-17H,1,8-13H2,2-3H3/t16-,17+,21-/m0/s1. The SMILES string of the molecule is C=C1C(C)(C)[C@@H]2CC[C@]1(C(=O)N1CC[C@H](c3ccc(F)cc3)C1)C2. The number of hydrogen-bond donors (Lipinski definition) is 0. The van der Waals surface area contributed by atoms with Crippen LogP contribution in [0.3, 0.4) is 0 Å². The molecule has 0 unspecified atom stereocenters. The van der Waals surface area contributed by atoms with E-state index >= 15 is 0 Å². The summed E-state index contributed by atoms with van der Waals surface area (Å²) in [6, 6.07) is 6.74. The Morgan fingerprint density at radius 2 is 1.96 bits per heavy atom. The monoisotopic (exact) mass is 327 g/mol. The molecule has 128 valence electrons. The Morgan fingerprint density at radius 3 is 2.58 bits per heavy atom. The molecule has 1 amide bonds. The Morgan fingerprint density at radius 1 is 1.25 bits per heavy atom. The second kappa shape index (κ2) is 5.18. The lowest BCUT2D eigenvalue weighted by atomic mass is 9.68. The molecule has 1 saturated heterocycles. The first-order chi connectivity index (χ1) is 11.3. The van der Waals surface area contributed by atoms with Crippen molar-refractivity contribution in [2.24, 2.45) is 16.7 Å². The fourth-order valence-electron chi connectivity index (χ4n) is 5.38. The van der Waals surface area contributed by atoms with Gasteiger partial charge in [0.1, 0.15) is 5.82 Å². The fraction of sp³-hybridized carbons (Fsp3) is 0.571. The molecule has 24 heavy (non-hydrogen) atoms. The molecule has 2 nitrogen and oxygen atoms in total. The normalized spacial score (nSPS) is 34.1. The highest BCUT2D eigenvalue weighted by atomic mass is 19.1. The number of nitrogens with zero attached hydrogens (tertiary/aromatic N) is 1. The van der Waals surface area contributed by atoms with E-state index in [1.807, 2.05) is 17.0 Å². The van der Waals surface area contributed by atoms with Crippen molar-refractivity contribution in [2.45, 2.75) is 45.4 Å². The molecule has 2 bridgehead atoms. The van der Waals surface area contributed by atoms with Crippen molar-refractivity contribution in [3.05, 3.63) is 47.8 Å². The van der Waals surface area contributed by atoms with Gasteiger partial charge in [-0.15, -0.1) is 0 Å². The Kier molecular flexibility index (Phi) is 3.42. The van der Waals surface area contributed by atoms with Gasteiger partial charge in [0.25, 0.3) is 0 Å². The van der Waals surface area contributed by atoms with Crippen LogP contribution in [0, 0.1) is 22.6 Å². The van der Waals surface area contributed by atoms with Crippen molar-refractivity contribution < 1.29 is 9.18 Å². The van der Waals surface area contributed by atoms with E-state index in [2.05, 4.69) is 20.4 Å². The van der Waals surface area contributed by atoms with Crippen LogP contribution >= 0.6 is 0 Å². The largest absolute Gasteiger partial charge is 0.341 e. The van der Waals surface area contributed by atoms with Crippen molar-refractivity contribution in [3.63, 3.8) is 0 Å². The number of amides is 1. The van der Waals surface area contributed by atoms with Crippen LogP contribution in [0.2, 0.25) is 0 Å². The lowest BCUT2D eigenvalue weighted by molar-refractivity contribution is -0.138. The maximum atomic E-state index is 13.4. The molecule has 0 N–H and O–H groups in total. The summed E-state index contributed by atoms with van der Waals surface area (Å²) in [5, 5.41) is 0. The number of hydrogen-bond acceptors (Lipinski definition) is 1. The average Bonchev–Trinajstić information content (AvgIpc) is 3.25. The molecule has 1 aromatic rings. The van der Waals surface area contributed by atoms with Crippen LogP contribution in [0.25, 0.3) is 0 Å². The molecule has 4 rings (SSSR count). The molecule has 0 aromatic heterocycles. The number of likely N-dealkylation sites (tertiary alicyclic amines) is 1. The molecule has 1 heterocycles. The van der Waals surface area contributed by atoms with Gasteiger partial charge in [-0.1, -0.05) is 38.1 Å². The summed E-state index contributed by atoms with van der Waals surface area (Å²) in [7, 11) is 0. The van der Waals surface area contributed by atoms with Gasteiger partial charge in [0.15, 0.2) is 0 Å². The van der Waals surface area contributed by atoms with E-state index in [1.54, 1.807) is 0 Å². The summed E-state index contributed by atoms with van der Waals surface area (Å²) in [4.78, 5) is 15.4. The van der Waals surface area contributed by atoms with Gasteiger partial charge in [-0.3, -0.25) is 4.79 Å². The third kappa shape index (κ3) is 2.09. The predicted molar refractivity (Wildman–Crippen MR) is 93.0 cm³/mol. The van der Waals surface area contributed by atoms with Crippen molar-refractivity contribution in [3.8, 4) is 0 Å². The molecule has 3 aliphatic rings. The van der Waals surface area contributed by atoms with E-state index in [0.29, 0.717) is 17.7 Å². The highest BCUT2D eigenvalue weighted by Crippen LogP contribution is 2.66. The number of rotatable bonds is 2. The Balaban J connectivity index is 1.52. The average molecular weight is 327 g/mol. The summed E-state index contributed by atoms with van der Waals surface area (Å²) < 4.78 is 13.1. The van der Waals surface area contributed by atoms with Crippen LogP contribution in [0.5, 0.6) is 0 Å². The number of benzene rings is 1. The first-order valence-corrected chi connectivity index (χ1v) is 9.09. The minimum absolute atomic E-state index is 0.0873. The zero-order valence-corrected chi connectivity index (χ0v) is 14.6. The van der Waals surface area contributed by atoms with Crippen LogP contribution in [0.1, 0.15) is 51.0 Å². The van der Waals surface area contributed by atoms with Crippen LogP contribution in [0.15, 0.2) is 36.4 Å². The number of halogens is 1. The fourth-order valence-corrected chi connectivity index (χ4v) is 5.38. The molecule has 3 heteroatoms. The molecule has 3 atom stereocenters. The molecule has 1 aliphatic heterocycles. The maximum Gasteiger partial charge on any atom is 0.232 e. The van der Waals surface area contributed by atoms with Crippen LogP contribution in [0.4, 0.5) is 4.39 Å². The Hall–Kier alpha value is -1.64. The number of fused-ring (bicyclic) bond motifs is 2. The van der Waals surface area contributed by atoms with Gasteiger partial charge in [0.2, 0.25) is 5.91 Å². The molecule has 0 radical (unpaired) electrons. The van der Waals surface area contributed by atoms with Gasteiger partial charge >= 0.3 is 0 Å². The second-order valence-electron chi connectivity index (χ2n) is 8.51. The summed E-state index contributed by atoms with van der Waals surface area (Å²) in [6.07, 6.45) is 4.06. The predicted octanol–water partition coefficient (Wildman–Crippen LogP) is 4.52. The minimum atomic E-state index is -0.314. The lowest BCUT2D eigenvalue weighted by Gasteiger charge is -2.39. The first-order valence-electron chi connectivity index (χ1n) is 9.09. The molecule has 1 aromatic carbocycles. The summed E-state index contributed by atoms with van der Waals surface area (Å²) in [5.74, 6) is 1.02. The van der Waals surface area contributed by atoms with E-state index in [0.717, 1.165) is 49.9 Å². The van der Waals surface area contributed by atoms with Crippen LogP contribution < -0.4 is 0 Å². The molecule has 2 saturated carbocycles. The second-order valence-corrected chi connectivity index (χ2v) is 8.51. The summed E-state index contributed by atoms with van der Waals surface area (Å²) in [6.45, 7) is 10.4. The van der Waals surface area contributed by atoms with Gasteiger partial charge in [0.05, 0.1) is 5.41 Å². The van der Waals surface area contributed by atoms with E-state index in [4.69, 9.17) is 0 Å². The van der Waals surface area contributed by atoms with Gasteiger partial charge in [-0.05, 0) is 54.7 Å². The third-order valence-electron chi connectivity index (χ3n) is 7.12. The van der Waals surface area contributed by atoms with Crippen molar-refractivity contribution >= 4 is 5.91 Å². The lowest BCUT2D eigenvalue weighted by Crippen LogP contribution is -2.43. The minimum Gasteiger partial charge on any atom is -0.341 e. The molecular weight excluding hydrogens is 301 g/mol. The van der Waals surface area contributed by atoms with Crippen LogP contribution in [-0.2, 0) is 4.79 Å². The van der Waals surface area contributed by atoms with Gasteiger partial charge in [-0.25, -0.2) is 4.39 Å². The van der Waals surface area contributed by atoms with E-state index in [-0.39, 0.29) is 16.6 Å². The number of carbonyl (C=O) groups excluding carboxylic acids is 1. The van der Waals surface area contributed by atoms with Crippen molar-refractivity contribution in [1.29, 1.82) is 0 Å². The maximum absolute atomic E-state index is 13.4. The van der Waals surface area contributed by atoms with Gasteiger partial charge < -0.3 is 4.90 Å². The topological polar surface area (TPSA) is 20.3 Å². The quantitative estimate of drug-likeness (QED) is 0.731. The highest BCUT2D eigenvalue weighted by molar-refractivity contribution is 5.88. The third-order valence-corrected chi connectivity index (χ3v) is 7.12. The van der Waals surface area contributed by atoms with Crippen molar-refractivity contribution in [1.82, 2.24) is 4.90 Å². The zero-order chi connectivity index (χ0) is 17.1. The Labute approximate surface area is 143 Å². The van der Waals surface area contributed by atoms with Gasteiger partial charge in [0, 0.05) is 19.0 Å². The first kappa shape index (κ1) is 15.9. The Bertz CT molecular complexity index is 692. The van der Waals surface area contributed by atoms with Gasteiger partial charge in [-0.2, -0.15) is 0 Å². The van der Waals surface area contributed by atoms with E-state index in [1.165, 1.54) is 12.1 Å². The number of carbonyl (C=O) groups is 1.